The molecule has 5 nitrogen and oxygen atoms in total. The van der Waals surface area contributed by atoms with Gasteiger partial charge in [-0.05, 0) is 18.4 Å². The number of furan rings is 1. The lowest BCUT2D eigenvalue weighted by atomic mass is 10.4. The first kappa shape index (κ1) is 10.8. The number of anilines is 2. The number of aromatic nitrogens is 2. The maximum Gasteiger partial charge on any atom is 0.191 e. The maximum atomic E-state index is 5.66. The predicted octanol–water partition coefficient (Wildman–Crippen LogP) is 1.99. The molecule has 0 unspecified atom stereocenters. The molecule has 0 aliphatic heterocycles. The minimum Gasteiger partial charge on any atom is -0.467 e. The monoisotopic (exact) mass is 236 g/mol. The van der Waals surface area contributed by atoms with Crippen LogP contribution in [0.1, 0.15) is 5.76 Å². The summed E-state index contributed by atoms with van der Waals surface area (Å²) in [5, 5.41) is 3.78. The molecule has 0 bridgehead atoms. The van der Waals surface area contributed by atoms with Gasteiger partial charge in [-0.15, -0.1) is 0 Å². The molecule has 84 valence electrons. The van der Waals surface area contributed by atoms with Gasteiger partial charge >= 0.3 is 0 Å². The number of rotatable bonds is 4. The number of hydrogen-bond donors (Lipinski definition) is 2. The van der Waals surface area contributed by atoms with Crippen molar-refractivity contribution in [1.82, 2.24) is 9.97 Å². The van der Waals surface area contributed by atoms with E-state index in [1.165, 1.54) is 11.8 Å². The summed E-state index contributed by atoms with van der Waals surface area (Å²) in [4.78, 5) is 8.33. The van der Waals surface area contributed by atoms with E-state index in [0.717, 1.165) is 5.76 Å². The van der Waals surface area contributed by atoms with Crippen molar-refractivity contribution in [3.8, 4) is 0 Å². The fourth-order valence-electron chi connectivity index (χ4n) is 1.22. The van der Waals surface area contributed by atoms with E-state index in [-0.39, 0.29) is 0 Å². The molecule has 6 heteroatoms. The minimum absolute atomic E-state index is 0.460. The van der Waals surface area contributed by atoms with Crippen LogP contribution in [0.4, 0.5) is 11.6 Å². The third-order valence-electron chi connectivity index (χ3n) is 1.93. The number of nitrogens with zero attached hydrogens (tertiary/aromatic N) is 2. The van der Waals surface area contributed by atoms with Crippen LogP contribution in [0.25, 0.3) is 0 Å². The van der Waals surface area contributed by atoms with Crippen LogP contribution in [0.15, 0.2) is 34.0 Å². The highest BCUT2D eigenvalue weighted by atomic mass is 32.2. The molecule has 0 saturated heterocycles. The fraction of sp³-hybridized carbons (Fsp3) is 0.200. The number of nitrogen functional groups attached to an aromatic ring is 1. The van der Waals surface area contributed by atoms with Crippen LogP contribution in [0.5, 0.6) is 0 Å². The van der Waals surface area contributed by atoms with Gasteiger partial charge in [0, 0.05) is 6.07 Å². The summed E-state index contributed by atoms with van der Waals surface area (Å²) in [6, 6.07) is 5.44. The molecule has 0 fully saturated rings. The Labute approximate surface area is 97.5 Å². The first-order valence-corrected chi connectivity index (χ1v) is 5.95. The minimum atomic E-state index is 0.460. The second kappa shape index (κ2) is 4.89. The topological polar surface area (TPSA) is 77.0 Å². The zero-order valence-corrected chi connectivity index (χ0v) is 9.62. The zero-order valence-electron chi connectivity index (χ0n) is 8.80. The van der Waals surface area contributed by atoms with Gasteiger partial charge in [-0.1, -0.05) is 11.8 Å². The lowest BCUT2D eigenvalue weighted by Gasteiger charge is -2.05. The van der Waals surface area contributed by atoms with Crippen LogP contribution in [0, 0.1) is 0 Å². The standard InChI is InChI=1S/C10H12N4OS/c1-16-10-13-8(11)5-9(14-10)12-6-7-3-2-4-15-7/h2-5H,6H2,1H3,(H3,11,12,13,14). The van der Waals surface area contributed by atoms with Gasteiger partial charge in [-0.3, -0.25) is 0 Å². The molecule has 0 aliphatic carbocycles. The Balaban J connectivity index is 2.06. The molecule has 0 atom stereocenters. The summed E-state index contributed by atoms with van der Waals surface area (Å²) >= 11 is 1.45. The van der Waals surface area contributed by atoms with Crippen LogP contribution in [0.2, 0.25) is 0 Å². The van der Waals surface area contributed by atoms with E-state index >= 15 is 0 Å². The Bertz CT molecular complexity index is 458. The van der Waals surface area contributed by atoms with E-state index in [1.807, 2.05) is 18.4 Å². The van der Waals surface area contributed by atoms with Crippen molar-refractivity contribution in [2.75, 3.05) is 17.3 Å². The third kappa shape index (κ3) is 2.66. The second-order valence-corrected chi connectivity index (χ2v) is 3.87. The van der Waals surface area contributed by atoms with E-state index in [1.54, 1.807) is 12.3 Å². The molecule has 2 aromatic rings. The molecular weight excluding hydrogens is 224 g/mol. The lowest BCUT2D eigenvalue weighted by molar-refractivity contribution is 0.517. The molecule has 0 saturated carbocycles. The van der Waals surface area contributed by atoms with Crippen LogP contribution >= 0.6 is 11.8 Å². The normalized spacial score (nSPS) is 10.3. The molecule has 0 spiro atoms. The van der Waals surface area contributed by atoms with Crippen molar-refractivity contribution in [1.29, 1.82) is 0 Å². The van der Waals surface area contributed by atoms with Crippen LogP contribution in [-0.2, 0) is 6.54 Å². The molecule has 2 heterocycles. The van der Waals surface area contributed by atoms with E-state index in [2.05, 4.69) is 15.3 Å². The van der Waals surface area contributed by atoms with Gasteiger partial charge in [0.1, 0.15) is 17.4 Å². The smallest absolute Gasteiger partial charge is 0.191 e. The van der Waals surface area contributed by atoms with Gasteiger partial charge in [0.05, 0.1) is 12.8 Å². The highest BCUT2D eigenvalue weighted by Crippen LogP contribution is 2.15. The zero-order chi connectivity index (χ0) is 11.4. The summed E-state index contributed by atoms with van der Waals surface area (Å²) in [7, 11) is 0. The molecule has 0 radical (unpaired) electrons. The van der Waals surface area contributed by atoms with E-state index in [0.29, 0.717) is 23.3 Å². The average molecular weight is 236 g/mol. The summed E-state index contributed by atoms with van der Waals surface area (Å²) in [5.41, 5.74) is 5.66. The highest BCUT2D eigenvalue weighted by molar-refractivity contribution is 7.98. The number of thioether (sulfide) groups is 1. The first-order chi connectivity index (χ1) is 7.78. The summed E-state index contributed by atoms with van der Waals surface area (Å²) in [6.45, 7) is 0.581. The maximum absolute atomic E-state index is 5.66. The van der Waals surface area contributed by atoms with E-state index in [9.17, 15) is 0 Å². The number of hydrogen-bond acceptors (Lipinski definition) is 6. The Morgan fingerprint density at radius 2 is 2.38 bits per heavy atom. The largest absolute Gasteiger partial charge is 0.467 e. The second-order valence-electron chi connectivity index (χ2n) is 3.10. The SMILES string of the molecule is CSc1nc(N)cc(NCc2ccco2)n1. The summed E-state index contributed by atoms with van der Waals surface area (Å²) in [5.74, 6) is 2.01. The van der Waals surface area contributed by atoms with Gasteiger partial charge in [-0.2, -0.15) is 0 Å². The molecule has 3 N–H and O–H groups in total. The summed E-state index contributed by atoms with van der Waals surface area (Å²) in [6.07, 6.45) is 3.55. The Hall–Kier alpha value is -1.69. The van der Waals surface area contributed by atoms with Crippen LogP contribution < -0.4 is 11.1 Å². The van der Waals surface area contributed by atoms with Gasteiger partial charge in [0.2, 0.25) is 0 Å². The van der Waals surface area contributed by atoms with Crippen molar-refractivity contribution in [2.45, 2.75) is 11.7 Å². The summed E-state index contributed by atoms with van der Waals surface area (Å²) < 4.78 is 5.20. The predicted molar refractivity (Wildman–Crippen MR) is 64.3 cm³/mol. The first-order valence-electron chi connectivity index (χ1n) is 4.73. The Kier molecular flexibility index (Phi) is 3.31. The molecule has 16 heavy (non-hydrogen) atoms. The quantitative estimate of drug-likeness (QED) is 0.624. The van der Waals surface area contributed by atoms with E-state index in [4.69, 9.17) is 10.2 Å². The van der Waals surface area contributed by atoms with Gasteiger partial charge in [0.25, 0.3) is 0 Å². The molecule has 0 aromatic carbocycles. The molecule has 2 aromatic heterocycles. The van der Waals surface area contributed by atoms with Gasteiger partial charge < -0.3 is 15.5 Å². The van der Waals surface area contributed by atoms with E-state index < -0.39 is 0 Å². The van der Waals surface area contributed by atoms with Crippen molar-refractivity contribution < 1.29 is 4.42 Å². The molecular formula is C10H12N4OS. The average Bonchev–Trinajstić information content (AvgIpc) is 2.78. The number of nitrogens with one attached hydrogen (secondary N) is 1. The molecule has 2 rings (SSSR count). The van der Waals surface area contributed by atoms with Crippen molar-refractivity contribution in [3.05, 3.63) is 30.2 Å². The molecule has 0 amide bonds. The van der Waals surface area contributed by atoms with Crippen LogP contribution in [0.3, 0.4) is 0 Å². The molecule has 0 aliphatic rings. The Morgan fingerprint density at radius 3 is 3.06 bits per heavy atom. The van der Waals surface area contributed by atoms with Gasteiger partial charge in [-0.25, -0.2) is 9.97 Å². The number of nitrogens with two attached hydrogens (primary N) is 1. The lowest BCUT2D eigenvalue weighted by Crippen LogP contribution is -2.03. The van der Waals surface area contributed by atoms with Crippen LogP contribution in [-0.4, -0.2) is 16.2 Å². The van der Waals surface area contributed by atoms with Crippen molar-refractivity contribution in [2.24, 2.45) is 0 Å². The third-order valence-corrected chi connectivity index (χ3v) is 2.48. The van der Waals surface area contributed by atoms with Crippen molar-refractivity contribution >= 4 is 23.4 Å². The fourth-order valence-corrected chi connectivity index (χ4v) is 1.60. The van der Waals surface area contributed by atoms with Crippen molar-refractivity contribution in [3.63, 3.8) is 0 Å². The highest BCUT2D eigenvalue weighted by Gasteiger charge is 2.02. The Morgan fingerprint density at radius 1 is 1.50 bits per heavy atom. The van der Waals surface area contributed by atoms with Gasteiger partial charge in [0.15, 0.2) is 5.16 Å².